The number of morpholine rings is 1. The van der Waals surface area contributed by atoms with Crippen molar-refractivity contribution in [2.45, 2.75) is 53.0 Å². The number of aryl methyl sites for hydroxylation is 2. The second-order valence-corrected chi connectivity index (χ2v) is 7.89. The Hall–Kier alpha value is -2.37. The zero-order valence-corrected chi connectivity index (χ0v) is 17.4. The van der Waals surface area contributed by atoms with Crippen molar-refractivity contribution in [2.24, 2.45) is 10.7 Å². The van der Waals surface area contributed by atoms with Crippen molar-refractivity contribution < 1.29 is 4.74 Å². The highest BCUT2D eigenvalue weighted by Crippen LogP contribution is 2.16. The van der Waals surface area contributed by atoms with Crippen LogP contribution in [-0.2, 0) is 17.8 Å². The second kappa shape index (κ2) is 9.22. The van der Waals surface area contributed by atoms with Gasteiger partial charge in [0.05, 0.1) is 18.8 Å². The number of hydrogen-bond donors (Lipinski definition) is 2. The molecule has 2 aromatic carbocycles. The lowest BCUT2D eigenvalue weighted by Gasteiger charge is -2.35. The van der Waals surface area contributed by atoms with Crippen molar-refractivity contribution in [3.63, 3.8) is 0 Å². The van der Waals surface area contributed by atoms with Crippen LogP contribution in [0.2, 0.25) is 0 Å². The summed E-state index contributed by atoms with van der Waals surface area (Å²) < 4.78 is 5.81. The van der Waals surface area contributed by atoms with Gasteiger partial charge in [-0.2, -0.15) is 0 Å². The van der Waals surface area contributed by atoms with Gasteiger partial charge >= 0.3 is 0 Å². The van der Waals surface area contributed by atoms with Crippen molar-refractivity contribution in [3.8, 4) is 0 Å². The van der Waals surface area contributed by atoms with E-state index in [0.717, 1.165) is 30.9 Å². The molecule has 5 nitrogen and oxygen atoms in total. The fraction of sp³-hybridized carbons (Fsp3) is 0.435. The summed E-state index contributed by atoms with van der Waals surface area (Å²) in [6.45, 7) is 12.0. The van der Waals surface area contributed by atoms with E-state index in [1.165, 1.54) is 16.7 Å². The third-order valence-corrected chi connectivity index (χ3v) is 5.14. The van der Waals surface area contributed by atoms with Crippen molar-refractivity contribution in [1.82, 2.24) is 4.90 Å². The molecular formula is C23H32N4O. The standard InChI is InChI=1S/C23H32N4O/c1-16-5-10-22(11-17(16)2)26-23(24)25-12-20-6-8-21(9-7-20)15-27-13-18(3)28-19(4)14-27/h5-11,18-19H,12-15H2,1-4H3,(H3,24,25,26). The lowest BCUT2D eigenvalue weighted by atomic mass is 10.1. The maximum atomic E-state index is 6.04. The predicted octanol–water partition coefficient (Wildman–Crippen LogP) is 3.84. The summed E-state index contributed by atoms with van der Waals surface area (Å²) >= 11 is 0. The first kappa shape index (κ1) is 20.4. The number of ether oxygens (including phenoxy) is 1. The van der Waals surface area contributed by atoms with E-state index in [9.17, 15) is 0 Å². The molecule has 1 saturated heterocycles. The van der Waals surface area contributed by atoms with Crippen LogP contribution in [0.5, 0.6) is 0 Å². The van der Waals surface area contributed by atoms with Crippen LogP contribution in [0.3, 0.4) is 0 Å². The Bertz CT molecular complexity index is 806. The summed E-state index contributed by atoms with van der Waals surface area (Å²) in [6, 6.07) is 14.8. The minimum atomic E-state index is 0.296. The fourth-order valence-electron chi connectivity index (χ4n) is 3.60. The second-order valence-electron chi connectivity index (χ2n) is 7.89. The number of nitrogens with two attached hydrogens (primary N) is 1. The van der Waals surface area contributed by atoms with E-state index in [1.54, 1.807) is 0 Å². The molecule has 0 radical (unpaired) electrons. The van der Waals surface area contributed by atoms with Gasteiger partial charge in [-0.3, -0.25) is 4.90 Å². The summed E-state index contributed by atoms with van der Waals surface area (Å²) in [5.74, 6) is 0.434. The van der Waals surface area contributed by atoms with E-state index in [1.807, 2.05) is 6.07 Å². The summed E-state index contributed by atoms with van der Waals surface area (Å²) in [6.07, 6.45) is 0.593. The van der Waals surface area contributed by atoms with E-state index in [-0.39, 0.29) is 0 Å². The molecule has 1 aliphatic heterocycles. The number of anilines is 1. The molecular weight excluding hydrogens is 348 g/mol. The van der Waals surface area contributed by atoms with E-state index >= 15 is 0 Å². The van der Waals surface area contributed by atoms with E-state index in [2.05, 4.69) is 79.3 Å². The van der Waals surface area contributed by atoms with E-state index in [0.29, 0.717) is 24.7 Å². The monoisotopic (exact) mass is 380 g/mol. The van der Waals surface area contributed by atoms with Crippen LogP contribution in [0, 0.1) is 13.8 Å². The van der Waals surface area contributed by atoms with Gasteiger partial charge in [0, 0.05) is 25.3 Å². The first-order valence-electron chi connectivity index (χ1n) is 9.99. The highest BCUT2D eigenvalue weighted by atomic mass is 16.5. The minimum Gasteiger partial charge on any atom is -0.373 e. The number of aliphatic imine (C=N–C) groups is 1. The van der Waals surface area contributed by atoms with E-state index < -0.39 is 0 Å². The largest absolute Gasteiger partial charge is 0.373 e. The molecule has 150 valence electrons. The number of nitrogens with one attached hydrogen (secondary N) is 1. The lowest BCUT2D eigenvalue weighted by molar-refractivity contribution is -0.0704. The third-order valence-electron chi connectivity index (χ3n) is 5.14. The molecule has 1 fully saturated rings. The quantitative estimate of drug-likeness (QED) is 0.611. The Morgan fingerprint density at radius 1 is 1.04 bits per heavy atom. The molecule has 2 unspecified atom stereocenters. The zero-order valence-electron chi connectivity index (χ0n) is 17.4. The van der Waals surface area contributed by atoms with E-state index in [4.69, 9.17) is 10.5 Å². The van der Waals surface area contributed by atoms with Crippen molar-refractivity contribution in [2.75, 3.05) is 18.4 Å². The normalized spacial score (nSPS) is 20.9. The number of guanidine groups is 1. The molecule has 0 amide bonds. The predicted molar refractivity (Wildman–Crippen MR) is 117 cm³/mol. The lowest BCUT2D eigenvalue weighted by Crippen LogP contribution is -2.44. The summed E-state index contributed by atoms with van der Waals surface area (Å²) in [5, 5.41) is 3.16. The molecule has 0 bridgehead atoms. The van der Waals surface area contributed by atoms with Crippen molar-refractivity contribution >= 4 is 11.6 Å². The van der Waals surface area contributed by atoms with Gasteiger partial charge in [0.2, 0.25) is 0 Å². The molecule has 1 heterocycles. The molecule has 0 saturated carbocycles. The van der Waals surface area contributed by atoms with Gasteiger partial charge in [-0.15, -0.1) is 0 Å². The van der Waals surface area contributed by atoms with Crippen LogP contribution < -0.4 is 11.1 Å². The van der Waals surface area contributed by atoms with Gasteiger partial charge in [0.15, 0.2) is 5.96 Å². The summed E-state index contributed by atoms with van der Waals surface area (Å²) in [4.78, 5) is 6.92. The molecule has 3 N–H and O–H groups in total. The highest BCUT2D eigenvalue weighted by Gasteiger charge is 2.21. The molecule has 5 heteroatoms. The zero-order chi connectivity index (χ0) is 20.1. The van der Waals surface area contributed by atoms with Gasteiger partial charge in [-0.05, 0) is 62.1 Å². The molecule has 28 heavy (non-hydrogen) atoms. The minimum absolute atomic E-state index is 0.296. The van der Waals surface area contributed by atoms with Crippen molar-refractivity contribution in [1.29, 1.82) is 0 Å². The fourth-order valence-corrected chi connectivity index (χ4v) is 3.60. The van der Waals surface area contributed by atoms with Gasteiger partial charge in [-0.1, -0.05) is 30.3 Å². The maximum Gasteiger partial charge on any atom is 0.193 e. The van der Waals surface area contributed by atoms with Gasteiger partial charge < -0.3 is 15.8 Å². The average molecular weight is 381 g/mol. The molecule has 1 aliphatic rings. The highest BCUT2D eigenvalue weighted by molar-refractivity contribution is 5.92. The number of hydrogen-bond acceptors (Lipinski definition) is 3. The first-order valence-corrected chi connectivity index (χ1v) is 9.99. The molecule has 3 rings (SSSR count). The molecule has 0 aliphatic carbocycles. The van der Waals surface area contributed by atoms with Crippen LogP contribution in [0.25, 0.3) is 0 Å². The molecule has 2 atom stereocenters. The third kappa shape index (κ3) is 5.81. The smallest absolute Gasteiger partial charge is 0.193 e. The van der Waals surface area contributed by atoms with Gasteiger partial charge in [-0.25, -0.2) is 4.99 Å². The molecule has 2 aromatic rings. The van der Waals surface area contributed by atoms with Crippen molar-refractivity contribution in [3.05, 3.63) is 64.7 Å². The van der Waals surface area contributed by atoms with Gasteiger partial charge in [0.1, 0.15) is 0 Å². The van der Waals surface area contributed by atoms with Crippen LogP contribution >= 0.6 is 0 Å². The van der Waals surface area contributed by atoms with Crippen LogP contribution in [0.1, 0.15) is 36.1 Å². The van der Waals surface area contributed by atoms with Crippen LogP contribution in [0.15, 0.2) is 47.5 Å². The molecule has 0 aromatic heterocycles. The first-order chi connectivity index (χ1) is 13.4. The number of nitrogens with zero attached hydrogens (tertiary/aromatic N) is 2. The Morgan fingerprint density at radius 3 is 2.32 bits per heavy atom. The van der Waals surface area contributed by atoms with Crippen LogP contribution in [-0.4, -0.2) is 36.2 Å². The topological polar surface area (TPSA) is 62.9 Å². The SMILES string of the molecule is Cc1ccc(NC(N)=NCc2ccc(CN3CC(C)OC(C)C3)cc2)cc1C. The Balaban J connectivity index is 1.53. The van der Waals surface area contributed by atoms with Gasteiger partial charge in [0.25, 0.3) is 0 Å². The Labute approximate surface area is 168 Å². The summed E-state index contributed by atoms with van der Waals surface area (Å²) in [7, 11) is 0. The Kier molecular flexibility index (Phi) is 6.70. The number of benzene rings is 2. The Morgan fingerprint density at radius 2 is 1.68 bits per heavy atom. The molecule has 0 spiro atoms. The summed E-state index contributed by atoms with van der Waals surface area (Å²) in [5.41, 5.74) is 12.0. The number of rotatable bonds is 5. The maximum absolute atomic E-state index is 6.04. The van der Waals surface area contributed by atoms with Crippen LogP contribution in [0.4, 0.5) is 5.69 Å². The average Bonchev–Trinajstić information content (AvgIpc) is 2.63.